The number of nitrogens with one attached hydrogen (secondary N) is 2. The lowest BCUT2D eigenvalue weighted by Crippen LogP contribution is -2.27. The minimum atomic E-state index is -1.33. The number of aromatic carboxylic acids is 1. The number of carboxylic acid groups (broad SMARTS) is 1. The van der Waals surface area contributed by atoms with Gasteiger partial charge in [0.25, 0.3) is 0 Å². The highest BCUT2D eigenvalue weighted by Gasteiger charge is 2.18. The Morgan fingerprint density at radius 2 is 2.26 bits per heavy atom. The van der Waals surface area contributed by atoms with Crippen LogP contribution in [0.3, 0.4) is 0 Å². The summed E-state index contributed by atoms with van der Waals surface area (Å²) >= 11 is 0. The third-order valence-electron chi connectivity index (χ3n) is 3.08. The second-order valence-corrected chi connectivity index (χ2v) is 4.55. The third-order valence-corrected chi connectivity index (χ3v) is 3.08. The van der Waals surface area contributed by atoms with Crippen LogP contribution in [0.4, 0.5) is 10.1 Å². The Balaban J connectivity index is 1.96. The van der Waals surface area contributed by atoms with Gasteiger partial charge in [0.15, 0.2) is 0 Å². The molecule has 0 spiro atoms. The van der Waals surface area contributed by atoms with Crippen molar-refractivity contribution in [1.82, 2.24) is 5.32 Å². The van der Waals surface area contributed by atoms with Gasteiger partial charge >= 0.3 is 5.97 Å². The Morgan fingerprint density at radius 1 is 1.47 bits per heavy atom. The van der Waals surface area contributed by atoms with E-state index in [9.17, 15) is 14.0 Å². The van der Waals surface area contributed by atoms with E-state index in [0.29, 0.717) is 6.42 Å². The fourth-order valence-electron chi connectivity index (χ4n) is 2.13. The van der Waals surface area contributed by atoms with Crippen molar-refractivity contribution in [2.24, 2.45) is 0 Å². The van der Waals surface area contributed by atoms with Gasteiger partial charge in [-0.25, -0.2) is 9.18 Å². The number of rotatable bonds is 4. The van der Waals surface area contributed by atoms with Crippen LogP contribution in [-0.2, 0) is 4.79 Å². The lowest BCUT2D eigenvalue weighted by Gasteiger charge is -2.10. The Morgan fingerprint density at radius 3 is 2.84 bits per heavy atom. The van der Waals surface area contributed by atoms with Crippen LogP contribution in [0.5, 0.6) is 0 Å². The highest BCUT2D eigenvalue weighted by Crippen LogP contribution is 2.16. The highest BCUT2D eigenvalue weighted by atomic mass is 19.1. The molecule has 1 aliphatic heterocycles. The fourth-order valence-corrected chi connectivity index (χ4v) is 2.13. The summed E-state index contributed by atoms with van der Waals surface area (Å²) in [5.41, 5.74) is -0.138. The van der Waals surface area contributed by atoms with Crippen LogP contribution in [-0.4, -0.2) is 29.6 Å². The van der Waals surface area contributed by atoms with Crippen molar-refractivity contribution >= 4 is 17.6 Å². The van der Waals surface area contributed by atoms with Gasteiger partial charge in [0.2, 0.25) is 5.91 Å². The van der Waals surface area contributed by atoms with Crippen molar-refractivity contribution in [2.75, 3.05) is 11.9 Å². The van der Waals surface area contributed by atoms with Gasteiger partial charge in [0.1, 0.15) is 5.82 Å². The Labute approximate surface area is 109 Å². The summed E-state index contributed by atoms with van der Waals surface area (Å²) in [7, 11) is 0. The van der Waals surface area contributed by atoms with Gasteiger partial charge in [-0.3, -0.25) is 4.79 Å². The van der Waals surface area contributed by atoms with E-state index in [1.807, 2.05) is 0 Å². The Hall–Kier alpha value is -1.95. The number of halogens is 1. The van der Waals surface area contributed by atoms with Crippen LogP contribution < -0.4 is 10.6 Å². The molecule has 19 heavy (non-hydrogen) atoms. The van der Waals surface area contributed by atoms with Gasteiger partial charge in [-0.1, -0.05) is 0 Å². The summed E-state index contributed by atoms with van der Waals surface area (Å²) in [5, 5.41) is 14.5. The van der Waals surface area contributed by atoms with Gasteiger partial charge < -0.3 is 15.7 Å². The van der Waals surface area contributed by atoms with E-state index < -0.39 is 17.3 Å². The quantitative estimate of drug-likeness (QED) is 0.773. The normalized spacial score (nSPS) is 18.3. The molecule has 1 aromatic rings. The molecule has 6 heteroatoms. The maximum Gasteiger partial charge on any atom is 0.338 e. The molecule has 0 radical (unpaired) electrons. The maximum atomic E-state index is 13.4. The first-order valence-corrected chi connectivity index (χ1v) is 6.12. The van der Waals surface area contributed by atoms with Crippen molar-refractivity contribution in [3.8, 4) is 0 Å². The summed E-state index contributed by atoms with van der Waals surface area (Å²) in [6.07, 6.45) is 2.35. The van der Waals surface area contributed by atoms with Crippen LogP contribution in [0.2, 0.25) is 0 Å². The first-order chi connectivity index (χ1) is 9.06. The topological polar surface area (TPSA) is 78.4 Å². The summed E-state index contributed by atoms with van der Waals surface area (Å²) in [6.45, 7) is 0.917. The Bertz CT molecular complexity index is 499. The summed E-state index contributed by atoms with van der Waals surface area (Å²) in [5.74, 6) is -2.39. The number of hydrogen-bond acceptors (Lipinski definition) is 3. The molecule has 0 saturated carbocycles. The van der Waals surface area contributed by atoms with Crippen molar-refractivity contribution in [2.45, 2.75) is 25.3 Å². The zero-order valence-corrected chi connectivity index (χ0v) is 10.3. The van der Waals surface area contributed by atoms with E-state index >= 15 is 0 Å². The van der Waals surface area contributed by atoms with Gasteiger partial charge in [-0.05, 0) is 37.6 Å². The molecule has 0 bridgehead atoms. The highest BCUT2D eigenvalue weighted by molar-refractivity contribution is 5.92. The molecule has 5 nitrogen and oxygen atoms in total. The van der Waals surface area contributed by atoms with Crippen LogP contribution >= 0.6 is 0 Å². The van der Waals surface area contributed by atoms with Crippen LogP contribution in [0.15, 0.2) is 18.2 Å². The van der Waals surface area contributed by atoms with Crippen molar-refractivity contribution < 1.29 is 19.1 Å². The first kappa shape index (κ1) is 13.5. The average Bonchev–Trinajstić information content (AvgIpc) is 2.81. The molecule has 2 rings (SSSR count). The number of carboxylic acids is 1. The predicted molar refractivity (Wildman–Crippen MR) is 67.6 cm³/mol. The van der Waals surface area contributed by atoms with Crippen molar-refractivity contribution in [3.63, 3.8) is 0 Å². The summed E-state index contributed by atoms with van der Waals surface area (Å²) < 4.78 is 13.4. The van der Waals surface area contributed by atoms with Gasteiger partial charge in [-0.2, -0.15) is 0 Å². The fraction of sp³-hybridized carbons (Fsp3) is 0.385. The number of benzene rings is 1. The second kappa shape index (κ2) is 5.79. The van der Waals surface area contributed by atoms with Crippen LogP contribution in [0.1, 0.15) is 29.6 Å². The van der Waals surface area contributed by atoms with Crippen LogP contribution in [0.25, 0.3) is 0 Å². The van der Waals surface area contributed by atoms with Crippen molar-refractivity contribution in [3.05, 3.63) is 29.6 Å². The number of hydrogen-bond donors (Lipinski definition) is 3. The van der Waals surface area contributed by atoms with Gasteiger partial charge in [0.05, 0.1) is 5.56 Å². The standard InChI is InChI=1S/C13H15FN2O3/c14-11-6-9(3-4-10(11)13(18)19)16-12(17)7-8-2-1-5-15-8/h3-4,6,8,15H,1-2,5,7H2,(H,16,17)(H,18,19). The SMILES string of the molecule is O=C(CC1CCCN1)Nc1ccc(C(=O)O)c(F)c1. The van der Waals surface area contributed by atoms with E-state index in [-0.39, 0.29) is 17.6 Å². The average molecular weight is 266 g/mol. The Kier molecular flexibility index (Phi) is 4.11. The minimum Gasteiger partial charge on any atom is -0.478 e. The molecule has 1 saturated heterocycles. The van der Waals surface area contributed by atoms with E-state index in [1.54, 1.807) is 0 Å². The molecular weight excluding hydrogens is 251 g/mol. The smallest absolute Gasteiger partial charge is 0.338 e. The predicted octanol–water partition coefficient (Wildman–Crippen LogP) is 1.60. The third kappa shape index (κ3) is 3.51. The molecule has 1 amide bonds. The molecule has 1 atom stereocenters. The molecule has 1 aliphatic rings. The number of carbonyl (C=O) groups excluding carboxylic acids is 1. The van der Waals surface area contributed by atoms with Crippen LogP contribution in [0, 0.1) is 5.82 Å². The van der Waals surface area contributed by atoms with Crippen molar-refractivity contribution in [1.29, 1.82) is 0 Å². The molecule has 3 N–H and O–H groups in total. The molecule has 1 unspecified atom stereocenters. The molecule has 1 aromatic carbocycles. The molecule has 102 valence electrons. The molecule has 0 aromatic heterocycles. The van der Waals surface area contributed by atoms with E-state index in [2.05, 4.69) is 10.6 Å². The molecule has 0 aliphatic carbocycles. The number of anilines is 1. The summed E-state index contributed by atoms with van der Waals surface area (Å²) in [6, 6.07) is 3.71. The first-order valence-electron chi connectivity index (χ1n) is 6.12. The second-order valence-electron chi connectivity index (χ2n) is 4.55. The largest absolute Gasteiger partial charge is 0.478 e. The lowest BCUT2D eigenvalue weighted by molar-refractivity contribution is -0.116. The summed E-state index contributed by atoms with van der Waals surface area (Å²) in [4.78, 5) is 22.4. The monoisotopic (exact) mass is 266 g/mol. The van der Waals surface area contributed by atoms with E-state index in [0.717, 1.165) is 31.5 Å². The lowest BCUT2D eigenvalue weighted by atomic mass is 10.1. The molecule has 1 heterocycles. The number of carbonyl (C=O) groups is 2. The maximum absolute atomic E-state index is 13.4. The van der Waals surface area contributed by atoms with Gasteiger partial charge in [0, 0.05) is 18.2 Å². The van der Waals surface area contributed by atoms with Gasteiger partial charge in [-0.15, -0.1) is 0 Å². The molecular formula is C13H15FN2O3. The van der Waals surface area contributed by atoms with E-state index in [1.165, 1.54) is 6.07 Å². The van der Waals surface area contributed by atoms with E-state index in [4.69, 9.17) is 5.11 Å². The number of amides is 1. The zero-order valence-electron chi connectivity index (χ0n) is 10.3. The molecule has 1 fully saturated rings. The minimum absolute atomic E-state index is 0.170. The zero-order chi connectivity index (χ0) is 13.8.